The van der Waals surface area contributed by atoms with Crippen LogP contribution >= 0.6 is 0 Å². The van der Waals surface area contributed by atoms with Crippen molar-refractivity contribution >= 4 is 11.4 Å². The largest absolute Gasteiger partial charge is 0.155 e. The molecule has 0 amide bonds. The van der Waals surface area contributed by atoms with Crippen molar-refractivity contribution in [2.75, 3.05) is 0 Å². The van der Waals surface area contributed by atoms with Crippen LogP contribution in [0.15, 0.2) is 101 Å². The van der Waals surface area contributed by atoms with Crippen LogP contribution in [0.5, 0.6) is 0 Å². The third kappa shape index (κ3) is 4.26. The molecule has 3 rings (SSSR count). The molecule has 0 N–H and O–H groups in total. The van der Waals surface area contributed by atoms with Gasteiger partial charge in [0.05, 0.1) is 11.4 Å². The summed E-state index contributed by atoms with van der Waals surface area (Å²) in [6.07, 6.45) is 0.760. The van der Waals surface area contributed by atoms with E-state index in [1.165, 1.54) is 5.56 Å². The molecule has 0 spiro atoms. The maximum absolute atomic E-state index is 4.57. The fourth-order valence-electron chi connectivity index (χ4n) is 2.49. The van der Waals surface area contributed by atoms with Crippen LogP contribution in [-0.2, 0) is 6.42 Å². The molecule has 0 bridgehead atoms. The highest BCUT2D eigenvalue weighted by molar-refractivity contribution is 6.03. The lowest BCUT2D eigenvalue weighted by atomic mass is 10.0. The molecule has 2 nitrogen and oxygen atoms in total. The van der Waals surface area contributed by atoms with Gasteiger partial charge in [-0.15, -0.1) is 0 Å². The van der Waals surface area contributed by atoms with Crippen molar-refractivity contribution in [3.05, 3.63) is 108 Å². The molecule has 0 aliphatic heterocycles. The van der Waals surface area contributed by atoms with Crippen molar-refractivity contribution in [3.8, 4) is 0 Å². The maximum atomic E-state index is 4.57. The van der Waals surface area contributed by atoms with E-state index in [1.807, 2.05) is 61.5 Å². The van der Waals surface area contributed by atoms with Gasteiger partial charge in [0, 0.05) is 6.42 Å². The average Bonchev–Trinajstić information content (AvgIpc) is 2.67. The van der Waals surface area contributed by atoms with Gasteiger partial charge in [-0.3, -0.25) is 0 Å². The third-order valence-electron chi connectivity index (χ3n) is 3.83. The molecule has 0 fully saturated rings. The van der Waals surface area contributed by atoms with E-state index in [1.54, 1.807) is 0 Å². The molecule has 2 heteroatoms. The molecule has 118 valence electrons. The maximum Gasteiger partial charge on any atom is 0.0746 e. The highest BCUT2D eigenvalue weighted by atomic mass is 15.2. The highest BCUT2D eigenvalue weighted by Gasteiger charge is 2.05. The van der Waals surface area contributed by atoms with Crippen LogP contribution in [0.25, 0.3) is 0 Å². The van der Waals surface area contributed by atoms with Crippen molar-refractivity contribution in [1.82, 2.24) is 0 Å². The van der Waals surface area contributed by atoms with Crippen molar-refractivity contribution in [2.45, 2.75) is 13.3 Å². The molecule has 0 aliphatic carbocycles. The second-order valence-electron chi connectivity index (χ2n) is 5.63. The molecule has 24 heavy (non-hydrogen) atoms. The zero-order valence-corrected chi connectivity index (χ0v) is 13.8. The molecule has 0 aromatic heterocycles. The summed E-state index contributed by atoms with van der Waals surface area (Å²) in [6.45, 7) is 1.99. The summed E-state index contributed by atoms with van der Waals surface area (Å²) >= 11 is 0. The Labute approximate surface area is 143 Å². The summed E-state index contributed by atoms with van der Waals surface area (Å²) in [7, 11) is 0. The molecule has 0 saturated carbocycles. The fraction of sp³-hybridized carbons (Fsp3) is 0.0909. The minimum Gasteiger partial charge on any atom is -0.155 e. The zero-order valence-electron chi connectivity index (χ0n) is 13.8. The van der Waals surface area contributed by atoms with Crippen LogP contribution in [0.4, 0.5) is 0 Å². The molecule has 0 radical (unpaired) electrons. The van der Waals surface area contributed by atoms with Gasteiger partial charge in [-0.25, -0.2) is 0 Å². The van der Waals surface area contributed by atoms with Crippen molar-refractivity contribution in [1.29, 1.82) is 0 Å². The zero-order chi connectivity index (χ0) is 16.6. The first-order valence-corrected chi connectivity index (χ1v) is 8.09. The second-order valence-corrected chi connectivity index (χ2v) is 5.63. The Morgan fingerprint density at radius 3 is 1.71 bits per heavy atom. The first kappa shape index (κ1) is 15.9. The van der Waals surface area contributed by atoms with Gasteiger partial charge in [0.2, 0.25) is 0 Å². The topological polar surface area (TPSA) is 24.7 Å². The Bertz CT molecular complexity index is 820. The Kier molecular flexibility index (Phi) is 5.31. The molecular formula is C22H20N2. The third-order valence-corrected chi connectivity index (χ3v) is 3.83. The second kappa shape index (κ2) is 8.02. The van der Waals surface area contributed by atoms with Gasteiger partial charge in [0.25, 0.3) is 0 Å². The Balaban J connectivity index is 1.92. The summed E-state index contributed by atoms with van der Waals surface area (Å²) in [5, 5.41) is 9.04. The van der Waals surface area contributed by atoms with Crippen LogP contribution in [0.1, 0.15) is 23.6 Å². The van der Waals surface area contributed by atoms with Crippen molar-refractivity contribution < 1.29 is 0 Å². The molecule has 0 atom stereocenters. The first-order valence-electron chi connectivity index (χ1n) is 8.09. The lowest BCUT2D eigenvalue weighted by Gasteiger charge is -2.06. The normalized spacial score (nSPS) is 12.2. The predicted molar refractivity (Wildman–Crippen MR) is 102 cm³/mol. The number of hydrogen-bond donors (Lipinski definition) is 0. The monoisotopic (exact) mass is 312 g/mol. The molecule has 0 heterocycles. The van der Waals surface area contributed by atoms with E-state index < -0.39 is 0 Å². The average molecular weight is 312 g/mol. The Morgan fingerprint density at radius 1 is 0.625 bits per heavy atom. The van der Waals surface area contributed by atoms with E-state index >= 15 is 0 Å². The van der Waals surface area contributed by atoms with Crippen LogP contribution in [0.2, 0.25) is 0 Å². The number of nitrogens with zero attached hydrogens (tertiary/aromatic N) is 2. The quantitative estimate of drug-likeness (QED) is 0.460. The summed E-state index contributed by atoms with van der Waals surface area (Å²) in [6, 6.07) is 30.7. The number of benzene rings is 3. The standard InChI is InChI=1S/C22H20N2/c1-18(20-13-7-3-8-14-20)23-24-22(21-15-9-4-10-16-21)17-19-11-5-2-6-12-19/h2-16H,17H2,1H3. The molecule has 0 unspecified atom stereocenters. The highest BCUT2D eigenvalue weighted by Crippen LogP contribution is 2.10. The Hall–Kier alpha value is -3.00. The van der Waals surface area contributed by atoms with Gasteiger partial charge in [0.1, 0.15) is 0 Å². The van der Waals surface area contributed by atoms with Crippen LogP contribution in [0.3, 0.4) is 0 Å². The first-order chi connectivity index (χ1) is 11.8. The summed E-state index contributed by atoms with van der Waals surface area (Å²) < 4.78 is 0. The van der Waals surface area contributed by atoms with E-state index in [0.717, 1.165) is 29.0 Å². The van der Waals surface area contributed by atoms with E-state index in [4.69, 9.17) is 0 Å². The Morgan fingerprint density at radius 2 is 1.12 bits per heavy atom. The molecule has 0 saturated heterocycles. The smallest absolute Gasteiger partial charge is 0.0746 e. The van der Waals surface area contributed by atoms with Gasteiger partial charge < -0.3 is 0 Å². The van der Waals surface area contributed by atoms with E-state index in [-0.39, 0.29) is 0 Å². The molecule has 3 aromatic carbocycles. The van der Waals surface area contributed by atoms with Gasteiger partial charge in [-0.05, 0) is 23.6 Å². The number of hydrogen-bond acceptors (Lipinski definition) is 2. The lowest BCUT2D eigenvalue weighted by Crippen LogP contribution is -2.05. The number of rotatable bonds is 5. The van der Waals surface area contributed by atoms with Crippen LogP contribution in [0, 0.1) is 0 Å². The predicted octanol–water partition coefficient (Wildman–Crippen LogP) is 5.14. The lowest BCUT2D eigenvalue weighted by molar-refractivity contribution is 1.18. The van der Waals surface area contributed by atoms with Crippen LogP contribution in [-0.4, -0.2) is 11.4 Å². The van der Waals surface area contributed by atoms with E-state index in [2.05, 4.69) is 46.6 Å². The minimum atomic E-state index is 0.760. The van der Waals surface area contributed by atoms with Crippen LogP contribution < -0.4 is 0 Å². The van der Waals surface area contributed by atoms with Crippen molar-refractivity contribution in [3.63, 3.8) is 0 Å². The minimum absolute atomic E-state index is 0.760. The van der Waals surface area contributed by atoms with E-state index in [9.17, 15) is 0 Å². The van der Waals surface area contributed by atoms with Gasteiger partial charge in [-0.2, -0.15) is 10.2 Å². The molecule has 0 aliphatic rings. The summed E-state index contributed by atoms with van der Waals surface area (Å²) in [5.41, 5.74) is 5.31. The summed E-state index contributed by atoms with van der Waals surface area (Å²) in [5.74, 6) is 0. The van der Waals surface area contributed by atoms with Gasteiger partial charge in [-0.1, -0.05) is 91.0 Å². The molecular weight excluding hydrogens is 292 g/mol. The molecule has 3 aromatic rings. The van der Waals surface area contributed by atoms with Gasteiger partial charge in [0.15, 0.2) is 0 Å². The fourth-order valence-corrected chi connectivity index (χ4v) is 2.49. The van der Waals surface area contributed by atoms with Crippen molar-refractivity contribution in [2.24, 2.45) is 10.2 Å². The summed E-state index contributed by atoms with van der Waals surface area (Å²) in [4.78, 5) is 0. The van der Waals surface area contributed by atoms with E-state index in [0.29, 0.717) is 0 Å². The van der Waals surface area contributed by atoms with Gasteiger partial charge >= 0.3 is 0 Å². The SMILES string of the molecule is CC(=NN=C(Cc1ccccc1)c1ccccc1)c1ccccc1.